The van der Waals surface area contributed by atoms with Crippen LogP contribution in [0, 0.1) is 5.41 Å². The van der Waals surface area contributed by atoms with Gasteiger partial charge in [-0.05, 0) is 72.9 Å². The SMILES string of the molecule is COc1cc(N2C(=S)NC(c3ccccn3)C2c2ccc(Sc3ccc(Cl)cc3)o2)ccc1NC(=O)C(C)(C)C. The van der Waals surface area contributed by atoms with Crippen molar-refractivity contribution in [2.24, 2.45) is 5.41 Å². The Morgan fingerprint density at radius 3 is 2.58 bits per heavy atom. The van der Waals surface area contributed by atoms with Crippen molar-refractivity contribution in [1.29, 1.82) is 0 Å². The van der Waals surface area contributed by atoms with Crippen LogP contribution in [0.4, 0.5) is 11.4 Å². The first kappa shape index (κ1) is 28.0. The molecule has 1 saturated heterocycles. The van der Waals surface area contributed by atoms with Crippen molar-refractivity contribution in [2.75, 3.05) is 17.3 Å². The number of hydrogen-bond donors (Lipinski definition) is 2. The van der Waals surface area contributed by atoms with Gasteiger partial charge in [0.1, 0.15) is 17.6 Å². The minimum absolute atomic E-state index is 0.105. The molecule has 0 aliphatic carbocycles. The molecule has 5 rings (SSSR count). The van der Waals surface area contributed by atoms with Gasteiger partial charge in [-0.2, -0.15) is 0 Å². The Bertz CT molecular complexity index is 1520. The van der Waals surface area contributed by atoms with Crippen molar-refractivity contribution in [3.8, 4) is 5.75 Å². The number of anilines is 2. The number of ether oxygens (including phenoxy) is 1. The van der Waals surface area contributed by atoms with Gasteiger partial charge >= 0.3 is 0 Å². The highest BCUT2D eigenvalue weighted by Crippen LogP contribution is 2.45. The van der Waals surface area contributed by atoms with E-state index in [0.29, 0.717) is 21.6 Å². The first-order chi connectivity index (χ1) is 19.1. The van der Waals surface area contributed by atoms with Crippen LogP contribution in [0.5, 0.6) is 5.75 Å². The second-order valence-corrected chi connectivity index (χ2v) is 12.2. The van der Waals surface area contributed by atoms with E-state index in [2.05, 4.69) is 15.6 Å². The molecule has 40 heavy (non-hydrogen) atoms. The number of nitrogens with one attached hydrogen (secondary N) is 2. The van der Waals surface area contributed by atoms with E-state index in [1.807, 2.05) is 98.5 Å². The molecule has 1 amide bonds. The van der Waals surface area contributed by atoms with E-state index in [-0.39, 0.29) is 18.0 Å². The van der Waals surface area contributed by atoms with Crippen LogP contribution >= 0.6 is 35.6 Å². The number of furan rings is 1. The molecular weight excluding hydrogens is 564 g/mol. The zero-order chi connectivity index (χ0) is 28.4. The van der Waals surface area contributed by atoms with Crippen LogP contribution in [0.2, 0.25) is 5.02 Å². The van der Waals surface area contributed by atoms with E-state index in [1.54, 1.807) is 13.3 Å². The molecule has 2 atom stereocenters. The van der Waals surface area contributed by atoms with Crippen molar-refractivity contribution in [3.05, 3.63) is 95.5 Å². The number of aromatic nitrogens is 1. The summed E-state index contributed by atoms with van der Waals surface area (Å²) in [5, 5.41) is 8.36. The quantitative estimate of drug-likeness (QED) is 0.212. The predicted molar refractivity (Wildman–Crippen MR) is 163 cm³/mol. The smallest absolute Gasteiger partial charge is 0.229 e. The first-order valence-corrected chi connectivity index (χ1v) is 14.3. The fourth-order valence-corrected chi connectivity index (χ4v) is 5.58. The summed E-state index contributed by atoms with van der Waals surface area (Å²) in [7, 11) is 1.58. The number of pyridine rings is 1. The van der Waals surface area contributed by atoms with Crippen LogP contribution in [-0.2, 0) is 4.79 Å². The number of carbonyl (C=O) groups is 1. The zero-order valence-electron chi connectivity index (χ0n) is 22.5. The van der Waals surface area contributed by atoms with Crippen LogP contribution in [0.3, 0.4) is 0 Å². The van der Waals surface area contributed by atoms with E-state index in [0.717, 1.165) is 27.1 Å². The second-order valence-electron chi connectivity index (χ2n) is 10.3. The summed E-state index contributed by atoms with van der Waals surface area (Å²) in [5.74, 6) is 1.14. The molecule has 0 saturated carbocycles. The second kappa shape index (κ2) is 11.5. The average molecular weight is 593 g/mol. The Balaban J connectivity index is 1.51. The molecule has 10 heteroatoms. The number of hydrogen-bond acceptors (Lipinski definition) is 6. The van der Waals surface area contributed by atoms with Gasteiger partial charge in [0.2, 0.25) is 5.91 Å². The van der Waals surface area contributed by atoms with Crippen LogP contribution in [0.1, 0.15) is 44.3 Å². The maximum Gasteiger partial charge on any atom is 0.229 e. The number of halogens is 1. The minimum atomic E-state index is -0.549. The Morgan fingerprint density at radius 1 is 1.12 bits per heavy atom. The molecule has 0 spiro atoms. The molecule has 3 heterocycles. The molecule has 1 fully saturated rings. The molecule has 206 valence electrons. The van der Waals surface area contributed by atoms with E-state index < -0.39 is 5.41 Å². The third kappa shape index (κ3) is 5.96. The number of benzene rings is 2. The summed E-state index contributed by atoms with van der Waals surface area (Å²) in [6.45, 7) is 5.59. The van der Waals surface area contributed by atoms with Crippen LogP contribution in [0.15, 0.2) is 93.4 Å². The van der Waals surface area contributed by atoms with Gasteiger partial charge in [-0.3, -0.25) is 9.78 Å². The highest BCUT2D eigenvalue weighted by Gasteiger charge is 2.43. The molecule has 1 aliphatic rings. The van der Waals surface area contributed by atoms with Crippen LogP contribution in [-0.4, -0.2) is 23.1 Å². The van der Waals surface area contributed by atoms with Gasteiger partial charge in [0, 0.05) is 33.3 Å². The van der Waals surface area contributed by atoms with E-state index in [9.17, 15) is 4.79 Å². The number of carbonyl (C=O) groups excluding carboxylic acids is 1. The van der Waals surface area contributed by atoms with E-state index in [4.69, 9.17) is 33.0 Å². The lowest BCUT2D eigenvalue weighted by atomic mass is 9.95. The first-order valence-electron chi connectivity index (χ1n) is 12.7. The molecule has 2 unspecified atom stereocenters. The van der Waals surface area contributed by atoms with Crippen molar-refractivity contribution >= 4 is 58.0 Å². The van der Waals surface area contributed by atoms with Crippen molar-refractivity contribution in [1.82, 2.24) is 10.3 Å². The van der Waals surface area contributed by atoms with Crippen molar-refractivity contribution in [2.45, 2.75) is 42.8 Å². The third-order valence-corrected chi connectivity index (χ3v) is 7.91. The van der Waals surface area contributed by atoms with E-state index >= 15 is 0 Å². The Labute approximate surface area is 248 Å². The molecule has 2 aromatic carbocycles. The average Bonchev–Trinajstić information content (AvgIpc) is 3.54. The van der Waals surface area contributed by atoms with Gasteiger partial charge in [0.15, 0.2) is 10.2 Å². The molecule has 0 bridgehead atoms. The fourth-order valence-electron chi connectivity index (χ4n) is 4.33. The molecule has 7 nitrogen and oxygen atoms in total. The summed E-state index contributed by atoms with van der Waals surface area (Å²) in [5.41, 5.74) is 1.66. The minimum Gasteiger partial charge on any atom is -0.494 e. The van der Waals surface area contributed by atoms with Crippen molar-refractivity contribution in [3.63, 3.8) is 0 Å². The summed E-state index contributed by atoms with van der Waals surface area (Å²) in [4.78, 5) is 20.3. The molecular formula is C30H29ClN4O3S2. The maximum atomic E-state index is 12.6. The summed E-state index contributed by atoms with van der Waals surface area (Å²) in [6, 6.07) is 22.4. The molecule has 0 radical (unpaired) electrons. The van der Waals surface area contributed by atoms with Gasteiger partial charge < -0.3 is 24.7 Å². The Morgan fingerprint density at radius 2 is 1.90 bits per heavy atom. The van der Waals surface area contributed by atoms with Gasteiger partial charge in [0.25, 0.3) is 0 Å². The topological polar surface area (TPSA) is 79.6 Å². The van der Waals surface area contributed by atoms with Gasteiger partial charge in [0.05, 0.1) is 24.5 Å². The number of methoxy groups -OCH3 is 1. The number of rotatable bonds is 7. The van der Waals surface area contributed by atoms with Crippen LogP contribution in [0.25, 0.3) is 0 Å². The van der Waals surface area contributed by atoms with Crippen molar-refractivity contribution < 1.29 is 13.9 Å². The summed E-state index contributed by atoms with van der Waals surface area (Å²) in [6.07, 6.45) is 1.76. The van der Waals surface area contributed by atoms with Gasteiger partial charge in [-0.15, -0.1) is 0 Å². The standard InChI is InChI=1S/C30H29ClN4O3S2/c1-30(2,3)28(36)33-21-13-10-19(17-24(21)37-4)35-27(26(34-29(35)39)22-7-5-6-16-32-22)23-14-15-25(38-23)40-20-11-8-18(31)9-12-20/h5-17,26-27H,1-4H3,(H,33,36)(H,34,39). The monoisotopic (exact) mass is 592 g/mol. The summed E-state index contributed by atoms with van der Waals surface area (Å²) >= 11 is 13.4. The Kier molecular flexibility index (Phi) is 8.07. The van der Waals surface area contributed by atoms with Gasteiger partial charge in [-0.1, -0.05) is 50.2 Å². The lowest BCUT2D eigenvalue weighted by Gasteiger charge is -2.27. The highest BCUT2D eigenvalue weighted by molar-refractivity contribution is 7.99. The molecule has 4 aromatic rings. The number of nitrogens with zero attached hydrogens (tertiary/aromatic N) is 2. The number of amides is 1. The fraction of sp³-hybridized carbons (Fsp3) is 0.233. The zero-order valence-corrected chi connectivity index (χ0v) is 24.9. The van der Waals surface area contributed by atoms with Gasteiger partial charge in [-0.25, -0.2) is 0 Å². The highest BCUT2D eigenvalue weighted by atomic mass is 35.5. The van der Waals surface area contributed by atoms with E-state index in [1.165, 1.54) is 11.8 Å². The molecule has 2 N–H and O–H groups in total. The third-order valence-electron chi connectivity index (χ3n) is 6.42. The molecule has 2 aromatic heterocycles. The number of thiocarbonyl (C=S) groups is 1. The predicted octanol–water partition coefficient (Wildman–Crippen LogP) is 7.65. The van der Waals surface area contributed by atoms with Crippen LogP contribution < -0.4 is 20.3 Å². The molecule has 1 aliphatic heterocycles. The maximum absolute atomic E-state index is 12.6. The normalized spacial score (nSPS) is 17.0. The summed E-state index contributed by atoms with van der Waals surface area (Å²) < 4.78 is 12.1. The Hall–Kier alpha value is -3.53. The lowest BCUT2D eigenvalue weighted by Crippen LogP contribution is -2.30. The largest absolute Gasteiger partial charge is 0.494 e. The lowest BCUT2D eigenvalue weighted by molar-refractivity contribution is -0.123.